The van der Waals surface area contributed by atoms with Crippen LogP contribution in [-0.4, -0.2) is 31.1 Å². The number of hydrogen-bond acceptors (Lipinski definition) is 6. The first-order chi connectivity index (χ1) is 17.0. The minimum absolute atomic E-state index is 0.107. The lowest BCUT2D eigenvalue weighted by molar-refractivity contribution is -0.117. The summed E-state index contributed by atoms with van der Waals surface area (Å²) < 4.78 is 50.1. The number of halogens is 2. The van der Waals surface area contributed by atoms with Gasteiger partial charge in [-0.15, -0.1) is 0 Å². The van der Waals surface area contributed by atoms with Crippen LogP contribution in [0, 0.1) is 11.6 Å². The Bertz CT molecular complexity index is 1410. The number of Topliss-reactive ketones (excluding diaryl/α,β-unsaturated/α-hetero) is 1. The summed E-state index contributed by atoms with van der Waals surface area (Å²) in [5.41, 5.74) is 1.56. The molecule has 1 aliphatic heterocycles. The molecule has 5 rings (SSSR count). The van der Waals surface area contributed by atoms with E-state index in [-0.39, 0.29) is 24.2 Å². The average molecular weight is 477 g/mol. The molecule has 35 heavy (non-hydrogen) atoms. The summed E-state index contributed by atoms with van der Waals surface area (Å²) in [6.45, 7) is 0.813. The fourth-order valence-electron chi connectivity index (χ4n) is 3.98. The summed E-state index contributed by atoms with van der Waals surface area (Å²) in [7, 11) is 1.56. The fraction of sp³-hybridized carbons (Fsp3) is 0.185. The highest BCUT2D eigenvalue weighted by Gasteiger charge is 2.24. The smallest absolute Gasteiger partial charge is 0.204 e. The number of nitrogens with zero attached hydrogens (tertiary/aromatic N) is 1. The second kappa shape index (κ2) is 9.58. The molecule has 4 aromatic rings. The number of hydrogen-bond donors (Lipinski definition) is 0. The van der Waals surface area contributed by atoms with Crippen LogP contribution in [0.1, 0.15) is 11.1 Å². The maximum Gasteiger partial charge on any atom is 0.204 e. The van der Waals surface area contributed by atoms with Gasteiger partial charge in [0.25, 0.3) is 0 Å². The minimum Gasteiger partial charge on any atom is -0.493 e. The van der Waals surface area contributed by atoms with E-state index in [1.165, 1.54) is 6.07 Å². The van der Waals surface area contributed by atoms with Crippen molar-refractivity contribution in [3.8, 4) is 28.7 Å². The molecule has 3 aromatic carbocycles. The van der Waals surface area contributed by atoms with Crippen molar-refractivity contribution in [2.24, 2.45) is 0 Å². The lowest BCUT2D eigenvalue weighted by Gasteiger charge is -2.23. The summed E-state index contributed by atoms with van der Waals surface area (Å²) in [5, 5.41) is 0.670. The van der Waals surface area contributed by atoms with E-state index in [1.807, 2.05) is 0 Å². The van der Waals surface area contributed by atoms with Crippen molar-refractivity contribution >= 4 is 16.7 Å². The van der Waals surface area contributed by atoms with Crippen LogP contribution in [0.5, 0.6) is 28.7 Å². The lowest BCUT2D eigenvalue weighted by Crippen LogP contribution is -2.16. The van der Waals surface area contributed by atoms with E-state index in [4.69, 9.17) is 18.9 Å². The van der Waals surface area contributed by atoms with Gasteiger partial charge >= 0.3 is 0 Å². The molecule has 0 aliphatic carbocycles. The van der Waals surface area contributed by atoms with Gasteiger partial charge in [-0.2, -0.15) is 0 Å². The van der Waals surface area contributed by atoms with Crippen molar-refractivity contribution in [2.75, 3.05) is 20.3 Å². The number of aromatic nitrogens is 1. The Balaban J connectivity index is 1.34. The lowest BCUT2D eigenvalue weighted by atomic mass is 10.0. The summed E-state index contributed by atoms with van der Waals surface area (Å²) in [5.74, 6) is 1.08. The Hall–Kier alpha value is -4.20. The summed E-state index contributed by atoms with van der Waals surface area (Å²) in [6, 6.07) is 13.8. The van der Waals surface area contributed by atoms with Gasteiger partial charge < -0.3 is 18.9 Å². The van der Waals surface area contributed by atoms with Crippen LogP contribution in [0.4, 0.5) is 8.78 Å². The van der Waals surface area contributed by atoms with Crippen molar-refractivity contribution in [1.82, 2.24) is 4.98 Å². The second-order valence-corrected chi connectivity index (χ2v) is 8.01. The van der Waals surface area contributed by atoms with Gasteiger partial charge in [-0.05, 0) is 35.4 Å². The molecule has 0 spiro atoms. The number of ether oxygens (including phenoxy) is 4. The molecule has 0 amide bonds. The van der Waals surface area contributed by atoms with Gasteiger partial charge in [0.15, 0.2) is 11.5 Å². The van der Waals surface area contributed by atoms with Gasteiger partial charge in [0.1, 0.15) is 42.1 Å². The maximum absolute atomic E-state index is 13.8. The Morgan fingerprint density at radius 2 is 1.71 bits per heavy atom. The average Bonchev–Trinajstić information content (AvgIpc) is 2.86. The van der Waals surface area contributed by atoms with Crippen LogP contribution in [0.25, 0.3) is 10.9 Å². The SMILES string of the molecule is COc1cc2nccc(Oc3ccc(CC(=O)Cc4ccc(F)cc4F)cc3)c2c2c1OCCO2. The number of methoxy groups -OCH3 is 1. The third kappa shape index (κ3) is 4.73. The van der Waals surface area contributed by atoms with Crippen LogP contribution >= 0.6 is 0 Å². The first-order valence-corrected chi connectivity index (χ1v) is 11.0. The summed E-state index contributed by atoms with van der Waals surface area (Å²) >= 11 is 0. The molecule has 1 aromatic heterocycles. The molecule has 0 saturated carbocycles. The number of carbonyl (C=O) groups is 1. The zero-order chi connectivity index (χ0) is 24.4. The van der Waals surface area contributed by atoms with Crippen LogP contribution in [0.15, 0.2) is 60.8 Å². The predicted octanol–water partition coefficient (Wildman–Crippen LogP) is 5.44. The molecule has 0 unspecified atom stereocenters. The molecule has 178 valence electrons. The first kappa shape index (κ1) is 22.6. The number of fused-ring (bicyclic) bond motifs is 3. The molecule has 0 fully saturated rings. The summed E-state index contributed by atoms with van der Waals surface area (Å²) in [4.78, 5) is 16.8. The van der Waals surface area contributed by atoms with Crippen LogP contribution in [0.3, 0.4) is 0 Å². The van der Waals surface area contributed by atoms with Gasteiger partial charge in [0.2, 0.25) is 5.75 Å². The van der Waals surface area contributed by atoms with Crippen molar-refractivity contribution < 1.29 is 32.5 Å². The highest BCUT2D eigenvalue weighted by molar-refractivity contribution is 5.95. The first-order valence-electron chi connectivity index (χ1n) is 11.0. The fourth-order valence-corrected chi connectivity index (χ4v) is 3.98. The van der Waals surface area contributed by atoms with E-state index in [2.05, 4.69) is 4.98 Å². The Labute approximate surface area is 200 Å². The predicted molar refractivity (Wildman–Crippen MR) is 125 cm³/mol. The Morgan fingerprint density at radius 1 is 0.943 bits per heavy atom. The normalized spacial score (nSPS) is 12.4. The third-order valence-electron chi connectivity index (χ3n) is 5.62. The summed E-state index contributed by atoms with van der Waals surface area (Å²) in [6.07, 6.45) is 1.65. The second-order valence-electron chi connectivity index (χ2n) is 8.01. The van der Waals surface area contributed by atoms with E-state index < -0.39 is 11.6 Å². The Morgan fingerprint density at radius 3 is 2.46 bits per heavy atom. The molecule has 0 saturated heterocycles. The van der Waals surface area contributed by atoms with E-state index >= 15 is 0 Å². The maximum atomic E-state index is 13.8. The van der Waals surface area contributed by atoms with Crippen molar-refractivity contribution in [2.45, 2.75) is 12.8 Å². The molecule has 6 nitrogen and oxygen atoms in total. The van der Waals surface area contributed by atoms with Crippen LogP contribution < -0.4 is 18.9 Å². The number of pyridine rings is 1. The van der Waals surface area contributed by atoms with E-state index in [0.717, 1.165) is 17.7 Å². The standard InChI is InChI=1S/C27H21F2NO5/c1-32-24-15-22-25(27-26(24)33-10-11-34-27)23(8-9-30-22)35-20-6-2-16(3-7-20)12-19(31)13-17-4-5-18(28)14-21(17)29/h2-9,14-15H,10-13H2,1H3. The third-order valence-corrected chi connectivity index (χ3v) is 5.62. The molecule has 0 radical (unpaired) electrons. The van der Waals surface area contributed by atoms with Crippen LogP contribution in [-0.2, 0) is 17.6 Å². The number of benzene rings is 3. The van der Waals surface area contributed by atoms with E-state index in [0.29, 0.717) is 52.9 Å². The van der Waals surface area contributed by atoms with Gasteiger partial charge in [-0.3, -0.25) is 9.78 Å². The van der Waals surface area contributed by atoms with E-state index in [1.54, 1.807) is 49.7 Å². The Kier molecular flexibility index (Phi) is 6.18. The van der Waals surface area contributed by atoms with Gasteiger partial charge in [-0.1, -0.05) is 18.2 Å². The number of ketones is 1. The van der Waals surface area contributed by atoms with Crippen molar-refractivity contribution in [3.63, 3.8) is 0 Å². The van der Waals surface area contributed by atoms with Gasteiger partial charge in [0.05, 0.1) is 18.0 Å². The molecule has 8 heteroatoms. The number of carbonyl (C=O) groups excluding carboxylic acids is 1. The molecule has 0 N–H and O–H groups in total. The van der Waals surface area contributed by atoms with E-state index in [9.17, 15) is 13.6 Å². The molecule has 1 aliphatic rings. The zero-order valence-electron chi connectivity index (χ0n) is 18.8. The molecular formula is C27H21F2NO5. The van der Waals surface area contributed by atoms with Crippen molar-refractivity contribution in [1.29, 1.82) is 0 Å². The molecule has 2 heterocycles. The molecular weight excluding hydrogens is 456 g/mol. The zero-order valence-corrected chi connectivity index (χ0v) is 18.8. The van der Waals surface area contributed by atoms with Crippen LogP contribution in [0.2, 0.25) is 0 Å². The topological polar surface area (TPSA) is 66.9 Å². The van der Waals surface area contributed by atoms with Crippen molar-refractivity contribution in [3.05, 3.63) is 83.6 Å². The minimum atomic E-state index is -0.721. The van der Waals surface area contributed by atoms with Gasteiger partial charge in [-0.25, -0.2) is 8.78 Å². The number of rotatable bonds is 7. The highest BCUT2D eigenvalue weighted by atomic mass is 19.1. The monoisotopic (exact) mass is 477 g/mol. The largest absolute Gasteiger partial charge is 0.493 e. The van der Waals surface area contributed by atoms with Gasteiger partial charge in [0, 0.05) is 31.2 Å². The highest BCUT2D eigenvalue weighted by Crippen LogP contribution is 2.48. The molecule has 0 bridgehead atoms. The quantitative estimate of drug-likeness (QED) is 0.353. The molecule has 0 atom stereocenters.